The maximum atomic E-state index is 13.3. The fraction of sp³-hybridized carbons (Fsp3) is 0.519. The van der Waals surface area contributed by atoms with Gasteiger partial charge in [-0.1, -0.05) is 72.5 Å². The van der Waals surface area contributed by atoms with Crippen LogP contribution in [0, 0.1) is 25.7 Å². The van der Waals surface area contributed by atoms with E-state index in [-0.39, 0.29) is 0 Å². The monoisotopic (exact) mass is 374 g/mol. The molecule has 2 aromatic rings. The Morgan fingerprint density at radius 2 is 1.21 bits per heavy atom. The first-order chi connectivity index (χ1) is 13.6. The van der Waals surface area contributed by atoms with Crippen molar-refractivity contribution in [1.82, 2.24) is 0 Å². The van der Waals surface area contributed by atoms with Crippen LogP contribution in [0.4, 0.5) is 0 Å². The van der Waals surface area contributed by atoms with Crippen LogP contribution in [0.2, 0.25) is 0 Å². The van der Waals surface area contributed by atoms with Gasteiger partial charge >= 0.3 is 0 Å². The predicted octanol–water partition coefficient (Wildman–Crippen LogP) is 7.12. The Morgan fingerprint density at radius 3 is 1.54 bits per heavy atom. The van der Waals surface area contributed by atoms with E-state index in [0.717, 1.165) is 12.8 Å². The van der Waals surface area contributed by atoms with Crippen molar-refractivity contribution in [3.8, 4) is 0 Å². The van der Waals surface area contributed by atoms with E-state index in [1.165, 1.54) is 60.8 Å². The lowest BCUT2D eigenvalue weighted by Crippen LogP contribution is -2.26. The van der Waals surface area contributed by atoms with E-state index in [1.54, 1.807) is 0 Å². The molecule has 28 heavy (non-hydrogen) atoms. The van der Waals surface area contributed by atoms with Crippen LogP contribution in [-0.2, 0) is 4.79 Å². The molecule has 2 saturated carbocycles. The molecule has 1 nitrogen and oxygen atoms in total. The summed E-state index contributed by atoms with van der Waals surface area (Å²) in [4.78, 5) is 13.3. The van der Waals surface area contributed by atoms with Crippen molar-refractivity contribution < 1.29 is 4.79 Å². The summed E-state index contributed by atoms with van der Waals surface area (Å²) in [5, 5.41) is 0. The predicted molar refractivity (Wildman–Crippen MR) is 117 cm³/mol. The number of aryl methyl sites for hydroxylation is 2. The lowest BCUT2D eigenvalue weighted by Gasteiger charge is -2.36. The van der Waals surface area contributed by atoms with Crippen LogP contribution in [0.1, 0.15) is 85.5 Å². The molecule has 0 spiro atoms. The van der Waals surface area contributed by atoms with Gasteiger partial charge in [0.2, 0.25) is 0 Å². The topological polar surface area (TPSA) is 17.1 Å². The van der Waals surface area contributed by atoms with Gasteiger partial charge in [0.15, 0.2) is 0 Å². The minimum absolute atomic E-state index is 0.417. The second-order valence-corrected chi connectivity index (χ2v) is 9.37. The molecule has 2 atom stereocenters. The fourth-order valence-corrected chi connectivity index (χ4v) is 5.17. The average Bonchev–Trinajstić information content (AvgIpc) is 2.57. The standard InChI is InChI=1S/C27H34O/c1-19-7-3-13-23(15-19)26(21-9-5-10-21)17-25(28)18-27(22-11-6-12-22)24-14-4-8-20(2)16-24/h3-4,7-8,13-16,21-22,26-27H,5-6,9-12,17-18H2,1-2H3/t26-,27+. The van der Waals surface area contributed by atoms with Crippen molar-refractivity contribution in [2.45, 2.75) is 77.0 Å². The number of carbonyl (C=O) groups is 1. The van der Waals surface area contributed by atoms with E-state index in [4.69, 9.17) is 0 Å². The highest BCUT2D eigenvalue weighted by atomic mass is 16.1. The molecule has 0 amide bonds. The molecule has 2 aliphatic rings. The lowest BCUT2D eigenvalue weighted by atomic mass is 9.68. The molecule has 0 radical (unpaired) electrons. The molecular weight excluding hydrogens is 340 g/mol. The quantitative estimate of drug-likeness (QED) is 0.481. The van der Waals surface area contributed by atoms with Gasteiger partial charge in [-0.2, -0.15) is 0 Å². The summed E-state index contributed by atoms with van der Waals surface area (Å²) in [5.74, 6) is 2.71. The van der Waals surface area contributed by atoms with Crippen molar-refractivity contribution >= 4 is 5.78 Å². The molecule has 0 heterocycles. The Morgan fingerprint density at radius 1 is 0.786 bits per heavy atom. The number of rotatable bonds is 8. The van der Waals surface area contributed by atoms with E-state index in [9.17, 15) is 4.79 Å². The van der Waals surface area contributed by atoms with Crippen LogP contribution in [-0.4, -0.2) is 5.78 Å². The Bertz CT molecular complexity index is 745. The van der Waals surface area contributed by atoms with E-state index < -0.39 is 0 Å². The van der Waals surface area contributed by atoms with E-state index in [0.29, 0.717) is 29.5 Å². The molecule has 0 aliphatic heterocycles. The third-order valence-electron chi connectivity index (χ3n) is 7.27. The zero-order chi connectivity index (χ0) is 19.5. The van der Waals surface area contributed by atoms with Gasteiger partial charge in [-0.15, -0.1) is 0 Å². The second-order valence-electron chi connectivity index (χ2n) is 9.37. The highest BCUT2D eigenvalue weighted by Gasteiger charge is 2.33. The highest BCUT2D eigenvalue weighted by molar-refractivity contribution is 5.80. The van der Waals surface area contributed by atoms with Gasteiger partial charge in [0.05, 0.1) is 0 Å². The maximum absolute atomic E-state index is 13.3. The van der Waals surface area contributed by atoms with E-state index in [1.807, 2.05) is 0 Å². The summed E-state index contributed by atoms with van der Waals surface area (Å²) < 4.78 is 0. The Hall–Kier alpha value is -1.89. The number of hydrogen-bond acceptors (Lipinski definition) is 1. The van der Waals surface area contributed by atoms with Crippen molar-refractivity contribution in [3.05, 3.63) is 70.8 Å². The third-order valence-corrected chi connectivity index (χ3v) is 7.27. The largest absolute Gasteiger partial charge is 0.300 e. The normalized spacial score (nSPS) is 19.5. The van der Waals surface area contributed by atoms with Crippen LogP contribution in [0.15, 0.2) is 48.5 Å². The maximum Gasteiger partial charge on any atom is 0.134 e. The van der Waals surface area contributed by atoms with Gasteiger partial charge in [0.1, 0.15) is 5.78 Å². The summed E-state index contributed by atoms with van der Waals surface area (Å²) >= 11 is 0. The van der Waals surface area contributed by atoms with Gasteiger partial charge in [-0.3, -0.25) is 4.79 Å². The van der Waals surface area contributed by atoms with Gasteiger partial charge < -0.3 is 0 Å². The van der Waals surface area contributed by atoms with Crippen molar-refractivity contribution in [3.63, 3.8) is 0 Å². The minimum Gasteiger partial charge on any atom is -0.300 e. The molecule has 2 fully saturated rings. The van der Waals surface area contributed by atoms with Crippen molar-refractivity contribution in [1.29, 1.82) is 0 Å². The average molecular weight is 375 g/mol. The summed E-state index contributed by atoms with van der Waals surface area (Å²) in [7, 11) is 0. The number of ketones is 1. The Balaban J connectivity index is 1.50. The Kier molecular flexibility index (Phi) is 5.99. The molecule has 0 aromatic heterocycles. The molecule has 0 saturated heterocycles. The zero-order valence-electron chi connectivity index (χ0n) is 17.5. The van der Waals surface area contributed by atoms with Crippen molar-refractivity contribution in [2.24, 2.45) is 11.8 Å². The Labute approximate surface area is 170 Å². The molecule has 2 aromatic carbocycles. The third kappa shape index (κ3) is 4.40. The second kappa shape index (κ2) is 8.64. The summed E-state index contributed by atoms with van der Waals surface area (Å²) in [6.07, 6.45) is 9.26. The van der Waals surface area contributed by atoms with Crippen LogP contribution >= 0.6 is 0 Å². The summed E-state index contributed by atoms with van der Waals surface area (Å²) in [6, 6.07) is 17.7. The van der Waals surface area contributed by atoms with Gasteiger partial charge in [-0.25, -0.2) is 0 Å². The van der Waals surface area contributed by atoms with E-state index >= 15 is 0 Å². The first-order valence-electron chi connectivity index (χ1n) is 11.2. The summed E-state index contributed by atoms with van der Waals surface area (Å²) in [6.45, 7) is 4.32. The smallest absolute Gasteiger partial charge is 0.134 e. The zero-order valence-corrected chi connectivity index (χ0v) is 17.5. The van der Waals surface area contributed by atoms with Crippen LogP contribution in [0.5, 0.6) is 0 Å². The van der Waals surface area contributed by atoms with Gasteiger partial charge in [0, 0.05) is 12.8 Å². The SMILES string of the molecule is Cc1cccc([C@@H](CC(=O)C[C@@H](c2cccc(C)c2)C2CCC2)C2CCC2)c1. The fourth-order valence-electron chi connectivity index (χ4n) is 5.17. The molecule has 4 rings (SSSR count). The first kappa shape index (κ1) is 19.4. The molecule has 2 aliphatic carbocycles. The van der Waals surface area contributed by atoms with Crippen molar-refractivity contribution in [2.75, 3.05) is 0 Å². The lowest BCUT2D eigenvalue weighted by molar-refractivity contribution is -0.120. The van der Waals surface area contributed by atoms with Crippen LogP contribution in [0.3, 0.4) is 0 Å². The van der Waals surface area contributed by atoms with Crippen LogP contribution in [0.25, 0.3) is 0 Å². The van der Waals surface area contributed by atoms with E-state index in [2.05, 4.69) is 62.4 Å². The number of benzene rings is 2. The molecule has 148 valence electrons. The molecular formula is C27H34O. The van der Waals surface area contributed by atoms with Crippen LogP contribution < -0.4 is 0 Å². The summed E-state index contributed by atoms with van der Waals surface area (Å²) in [5.41, 5.74) is 5.38. The first-order valence-corrected chi connectivity index (χ1v) is 11.2. The molecule has 0 bridgehead atoms. The number of Topliss-reactive ketones (excluding diaryl/α,β-unsaturated/α-hetero) is 1. The molecule has 1 heteroatoms. The molecule has 0 unspecified atom stereocenters. The van der Waals surface area contributed by atoms with Gasteiger partial charge in [0.25, 0.3) is 0 Å². The molecule has 0 N–H and O–H groups in total. The number of carbonyl (C=O) groups excluding carboxylic acids is 1. The highest BCUT2D eigenvalue weighted by Crippen LogP contribution is 2.44. The van der Waals surface area contributed by atoms with Gasteiger partial charge in [-0.05, 0) is 74.3 Å². The number of hydrogen-bond donors (Lipinski definition) is 0. The minimum atomic E-state index is 0.417.